The van der Waals surface area contributed by atoms with E-state index in [1.54, 1.807) is 6.26 Å². The van der Waals surface area contributed by atoms with E-state index in [4.69, 9.17) is 4.42 Å². The van der Waals surface area contributed by atoms with Crippen LogP contribution in [0.15, 0.2) is 47.1 Å². The maximum absolute atomic E-state index is 12.3. The van der Waals surface area contributed by atoms with Crippen molar-refractivity contribution in [3.8, 4) is 0 Å². The molecule has 0 radical (unpaired) electrons. The van der Waals surface area contributed by atoms with Crippen LogP contribution in [0.3, 0.4) is 0 Å². The Balaban J connectivity index is 1.33. The second kappa shape index (κ2) is 6.32. The first-order valence-electron chi connectivity index (χ1n) is 8.58. The average molecular weight is 326 g/mol. The number of anilines is 2. The molecule has 2 N–H and O–H groups in total. The van der Waals surface area contributed by atoms with Crippen LogP contribution in [0.2, 0.25) is 0 Å². The number of aliphatic hydroxyl groups excluding tert-OH is 1. The third-order valence-corrected chi connectivity index (χ3v) is 5.00. The van der Waals surface area contributed by atoms with Gasteiger partial charge in [-0.05, 0) is 55.7 Å². The zero-order chi connectivity index (χ0) is 16.5. The van der Waals surface area contributed by atoms with Crippen molar-refractivity contribution in [1.29, 1.82) is 0 Å². The van der Waals surface area contributed by atoms with Crippen LogP contribution in [0.4, 0.5) is 11.4 Å². The summed E-state index contributed by atoms with van der Waals surface area (Å²) in [5.41, 5.74) is 1.96. The maximum Gasteiger partial charge on any atom is 0.228 e. The Morgan fingerprint density at radius 3 is 2.58 bits per heavy atom. The van der Waals surface area contributed by atoms with Gasteiger partial charge in [-0.25, -0.2) is 0 Å². The van der Waals surface area contributed by atoms with Crippen LogP contribution < -0.4 is 10.2 Å². The number of rotatable bonds is 4. The molecule has 126 valence electrons. The van der Waals surface area contributed by atoms with Crippen LogP contribution in [0.25, 0.3) is 0 Å². The highest BCUT2D eigenvalue weighted by molar-refractivity contribution is 5.95. The molecule has 2 fully saturated rings. The molecular weight excluding hydrogens is 304 g/mol. The fraction of sp³-hybridized carbons (Fsp3) is 0.421. The summed E-state index contributed by atoms with van der Waals surface area (Å²) in [5.74, 6) is 1.20. The highest BCUT2D eigenvalue weighted by Crippen LogP contribution is 2.48. The monoisotopic (exact) mass is 326 g/mol. The molecule has 1 aromatic carbocycles. The van der Waals surface area contributed by atoms with Crippen LogP contribution >= 0.6 is 0 Å². The van der Waals surface area contributed by atoms with Gasteiger partial charge in [0.2, 0.25) is 5.91 Å². The molecule has 1 aromatic heterocycles. The van der Waals surface area contributed by atoms with Crippen molar-refractivity contribution >= 4 is 17.3 Å². The lowest BCUT2D eigenvalue weighted by molar-refractivity contribution is -0.117. The topological polar surface area (TPSA) is 65.7 Å². The average Bonchev–Trinajstić information content (AvgIpc) is 3.22. The van der Waals surface area contributed by atoms with Crippen molar-refractivity contribution in [2.75, 3.05) is 23.3 Å². The van der Waals surface area contributed by atoms with Gasteiger partial charge in [0.1, 0.15) is 5.76 Å². The zero-order valence-electron chi connectivity index (χ0n) is 13.5. The largest absolute Gasteiger partial charge is 0.469 e. The lowest BCUT2D eigenvalue weighted by Gasteiger charge is -2.31. The molecule has 2 atom stereocenters. The summed E-state index contributed by atoms with van der Waals surface area (Å²) in [7, 11) is 0. The van der Waals surface area contributed by atoms with Crippen molar-refractivity contribution in [3.63, 3.8) is 0 Å². The van der Waals surface area contributed by atoms with Crippen LogP contribution in [0, 0.1) is 5.92 Å². The van der Waals surface area contributed by atoms with Crippen LogP contribution in [0.1, 0.15) is 30.9 Å². The van der Waals surface area contributed by atoms with Gasteiger partial charge in [0.15, 0.2) is 0 Å². The Morgan fingerprint density at radius 1 is 1.17 bits per heavy atom. The molecule has 0 unspecified atom stereocenters. The van der Waals surface area contributed by atoms with Crippen LogP contribution in [0.5, 0.6) is 0 Å². The molecule has 1 amide bonds. The number of nitrogens with zero attached hydrogens (tertiary/aromatic N) is 1. The van der Waals surface area contributed by atoms with Gasteiger partial charge in [0, 0.05) is 36.3 Å². The molecule has 0 spiro atoms. The van der Waals surface area contributed by atoms with E-state index in [0.29, 0.717) is 0 Å². The molecule has 2 aromatic rings. The van der Waals surface area contributed by atoms with Crippen LogP contribution in [-0.4, -0.2) is 30.2 Å². The summed E-state index contributed by atoms with van der Waals surface area (Å²) in [6.45, 7) is 1.75. The van der Waals surface area contributed by atoms with E-state index < -0.39 is 0 Å². The van der Waals surface area contributed by atoms with Crippen molar-refractivity contribution < 1.29 is 14.3 Å². The van der Waals surface area contributed by atoms with E-state index in [-0.39, 0.29) is 23.8 Å². The Hall–Kier alpha value is -2.27. The summed E-state index contributed by atoms with van der Waals surface area (Å²) in [6, 6.07) is 11.8. The smallest absolute Gasteiger partial charge is 0.228 e. The minimum absolute atomic E-state index is 0.0133. The minimum Gasteiger partial charge on any atom is -0.469 e. The summed E-state index contributed by atoms with van der Waals surface area (Å²) in [5, 5.41) is 12.6. The predicted molar refractivity (Wildman–Crippen MR) is 92.1 cm³/mol. The number of hydrogen-bond donors (Lipinski definition) is 2. The number of carbonyl (C=O) groups excluding carboxylic acids is 1. The molecule has 24 heavy (non-hydrogen) atoms. The molecular formula is C19H22N2O3. The second-order valence-corrected chi connectivity index (χ2v) is 6.72. The molecule has 1 saturated heterocycles. The lowest BCUT2D eigenvalue weighted by Crippen LogP contribution is -2.35. The van der Waals surface area contributed by atoms with Gasteiger partial charge in [0.25, 0.3) is 0 Å². The molecule has 1 aliphatic heterocycles. The van der Waals surface area contributed by atoms with Crippen molar-refractivity contribution in [1.82, 2.24) is 0 Å². The number of aliphatic hydroxyl groups is 1. The molecule has 0 bridgehead atoms. The summed E-state index contributed by atoms with van der Waals surface area (Å²) >= 11 is 0. The molecule has 1 saturated carbocycles. The number of amides is 1. The fourth-order valence-corrected chi connectivity index (χ4v) is 3.42. The first kappa shape index (κ1) is 15.3. The highest BCUT2D eigenvalue weighted by Gasteiger charge is 2.45. The quantitative estimate of drug-likeness (QED) is 0.906. The van der Waals surface area contributed by atoms with Crippen LogP contribution in [-0.2, 0) is 4.79 Å². The number of piperidine rings is 1. The van der Waals surface area contributed by atoms with Gasteiger partial charge < -0.3 is 19.7 Å². The third-order valence-electron chi connectivity index (χ3n) is 5.00. The normalized spacial score (nSPS) is 24.0. The number of nitrogens with one attached hydrogen (secondary N) is 1. The molecule has 2 aliphatic rings. The molecule has 1 aliphatic carbocycles. The fourth-order valence-electron chi connectivity index (χ4n) is 3.42. The van der Waals surface area contributed by atoms with E-state index in [1.807, 2.05) is 36.4 Å². The summed E-state index contributed by atoms with van der Waals surface area (Å²) in [4.78, 5) is 14.6. The molecule has 5 nitrogen and oxygen atoms in total. The van der Waals surface area contributed by atoms with Gasteiger partial charge in [-0.15, -0.1) is 0 Å². The predicted octanol–water partition coefficient (Wildman–Crippen LogP) is 2.98. The number of hydrogen-bond acceptors (Lipinski definition) is 4. The molecule has 5 heteroatoms. The zero-order valence-corrected chi connectivity index (χ0v) is 13.5. The van der Waals surface area contributed by atoms with Crippen molar-refractivity contribution in [2.45, 2.75) is 31.3 Å². The van der Waals surface area contributed by atoms with Gasteiger partial charge in [-0.1, -0.05) is 0 Å². The Labute approximate surface area is 141 Å². The number of benzene rings is 1. The standard InChI is InChI=1S/C19H22N2O3/c22-15-7-9-21(10-8-15)14-5-3-13(4-6-14)20-19(23)17-12-16(17)18-2-1-11-24-18/h1-6,11,15-17,22H,7-10,12H2,(H,20,23)/t16-,17+/m1/s1. The lowest BCUT2D eigenvalue weighted by atomic mass is 10.1. The first-order chi connectivity index (χ1) is 11.7. The van der Waals surface area contributed by atoms with E-state index in [0.717, 1.165) is 49.5 Å². The summed E-state index contributed by atoms with van der Waals surface area (Å²) in [6.07, 6.45) is 3.97. The van der Waals surface area contributed by atoms with Gasteiger partial charge in [0.05, 0.1) is 12.4 Å². The third kappa shape index (κ3) is 3.17. The van der Waals surface area contributed by atoms with Gasteiger partial charge in [-0.3, -0.25) is 4.79 Å². The van der Waals surface area contributed by atoms with E-state index >= 15 is 0 Å². The number of furan rings is 1. The Kier molecular flexibility index (Phi) is 4.02. The van der Waals surface area contributed by atoms with E-state index in [1.165, 1.54) is 0 Å². The summed E-state index contributed by atoms with van der Waals surface area (Å²) < 4.78 is 5.38. The second-order valence-electron chi connectivity index (χ2n) is 6.72. The van der Waals surface area contributed by atoms with E-state index in [2.05, 4.69) is 10.2 Å². The SMILES string of the molecule is O=C(Nc1ccc(N2CCC(O)CC2)cc1)[C@H]1C[C@H]1c1ccco1. The highest BCUT2D eigenvalue weighted by atomic mass is 16.3. The van der Waals surface area contributed by atoms with Gasteiger partial charge in [-0.2, -0.15) is 0 Å². The molecule has 2 heterocycles. The van der Waals surface area contributed by atoms with Crippen molar-refractivity contribution in [2.24, 2.45) is 5.92 Å². The van der Waals surface area contributed by atoms with Gasteiger partial charge >= 0.3 is 0 Å². The Morgan fingerprint density at radius 2 is 1.92 bits per heavy atom. The van der Waals surface area contributed by atoms with E-state index in [9.17, 15) is 9.90 Å². The van der Waals surface area contributed by atoms with Crippen molar-refractivity contribution in [3.05, 3.63) is 48.4 Å². The molecule has 4 rings (SSSR count). The first-order valence-corrected chi connectivity index (χ1v) is 8.58. The Bertz CT molecular complexity index is 688. The maximum atomic E-state index is 12.3. The minimum atomic E-state index is -0.166. The number of carbonyl (C=O) groups is 1.